The van der Waals surface area contributed by atoms with Crippen molar-refractivity contribution in [2.24, 2.45) is 11.1 Å². The van der Waals surface area contributed by atoms with Crippen molar-refractivity contribution in [2.45, 2.75) is 13.8 Å². The van der Waals surface area contributed by atoms with E-state index >= 15 is 0 Å². The van der Waals surface area contributed by atoms with Crippen LogP contribution in [0, 0.1) is 5.41 Å². The second-order valence-corrected chi connectivity index (χ2v) is 2.66. The maximum atomic E-state index is 10.4. The third-order valence-corrected chi connectivity index (χ3v) is 1.22. The highest BCUT2D eigenvalue weighted by atomic mass is 16.4. The van der Waals surface area contributed by atoms with Crippen molar-refractivity contribution in [3.63, 3.8) is 0 Å². The van der Waals surface area contributed by atoms with E-state index in [-0.39, 0.29) is 0 Å². The standard InChI is InChI=1S/C7H13NO2/c1-7(2,6(9)10)4-3-5-8/h3-4H,5,8H2,1-2H3,(H,9,10)/b4-3+. The summed E-state index contributed by atoms with van der Waals surface area (Å²) in [6.07, 6.45) is 3.24. The van der Waals surface area contributed by atoms with E-state index in [1.807, 2.05) is 0 Å². The van der Waals surface area contributed by atoms with Crippen LogP contribution >= 0.6 is 0 Å². The van der Waals surface area contributed by atoms with Crippen LogP contribution in [-0.4, -0.2) is 17.6 Å². The molecule has 58 valence electrons. The van der Waals surface area contributed by atoms with Gasteiger partial charge in [-0.3, -0.25) is 4.79 Å². The van der Waals surface area contributed by atoms with Crippen molar-refractivity contribution < 1.29 is 9.90 Å². The van der Waals surface area contributed by atoms with E-state index < -0.39 is 11.4 Å². The molecule has 0 aromatic rings. The van der Waals surface area contributed by atoms with E-state index in [9.17, 15) is 4.79 Å². The van der Waals surface area contributed by atoms with Gasteiger partial charge >= 0.3 is 5.97 Å². The Hall–Kier alpha value is -0.830. The van der Waals surface area contributed by atoms with E-state index in [1.54, 1.807) is 26.0 Å². The van der Waals surface area contributed by atoms with Gasteiger partial charge in [0.1, 0.15) is 0 Å². The van der Waals surface area contributed by atoms with Crippen molar-refractivity contribution in [3.8, 4) is 0 Å². The summed E-state index contributed by atoms with van der Waals surface area (Å²) in [6, 6.07) is 0. The summed E-state index contributed by atoms with van der Waals surface area (Å²) in [6.45, 7) is 3.64. The first kappa shape index (κ1) is 9.17. The molecule has 0 rings (SSSR count). The second-order valence-electron chi connectivity index (χ2n) is 2.66. The fraction of sp³-hybridized carbons (Fsp3) is 0.571. The Bertz CT molecular complexity index is 150. The molecule has 0 bridgehead atoms. The van der Waals surface area contributed by atoms with Gasteiger partial charge in [-0.2, -0.15) is 0 Å². The van der Waals surface area contributed by atoms with Gasteiger partial charge in [0.25, 0.3) is 0 Å². The summed E-state index contributed by atoms with van der Waals surface area (Å²) in [5.41, 5.74) is 4.36. The molecular weight excluding hydrogens is 130 g/mol. The minimum Gasteiger partial charge on any atom is -0.481 e. The first-order valence-corrected chi connectivity index (χ1v) is 3.12. The topological polar surface area (TPSA) is 63.3 Å². The SMILES string of the molecule is CC(C)(/C=C/CN)C(=O)O. The Morgan fingerprint density at radius 2 is 2.20 bits per heavy atom. The zero-order valence-corrected chi connectivity index (χ0v) is 6.29. The first-order valence-electron chi connectivity index (χ1n) is 3.12. The summed E-state index contributed by atoms with van der Waals surface area (Å²) >= 11 is 0. The lowest BCUT2D eigenvalue weighted by Gasteiger charge is -2.12. The van der Waals surface area contributed by atoms with Gasteiger partial charge in [-0.25, -0.2) is 0 Å². The monoisotopic (exact) mass is 143 g/mol. The van der Waals surface area contributed by atoms with Crippen LogP contribution in [0.25, 0.3) is 0 Å². The molecule has 0 radical (unpaired) electrons. The minimum atomic E-state index is -0.836. The molecule has 3 nitrogen and oxygen atoms in total. The number of carboxylic acids is 1. The largest absolute Gasteiger partial charge is 0.481 e. The summed E-state index contributed by atoms with van der Waals surface area (Å²) < 4.78 is 0. The van der Waals surface area contributed by atoms with Crippen LogP contribution in [0.2, 0.25) is 0 Å². The number of nitrogens with two attached hydrogens (primary N) is 1. The summed E-state index contributed by atoms with van der Waals surface area (Å²) in [5, 5.41) is 8.58. The van der Waals surface area contributed by atoms with Crippen LogP contribution in [0.5, 0.6) is 0 Å². The maximum Gasteiger partial charge on any atom is 0.312 e. The van der Waals surface area contributed by atoms with Crippen molar-refractivity contribution in [3.05, 3.63) is 12.2 Å². The van der Waals surface area contributed by atoms with E-state index in [0.717, 1.165) is 0 Å². The van der Waals surface area contributed by atoms with Gasteiger partial charge in [0.2, 0.25) is 0 Å². The van der Waals surface area contributed by atoms with Gasteiger partial charge in [0, 0.05) is 6.54 Å². The molecule has 3 N–H and O–H groups in total. The molecule has 0 spiro atoms. The van der Waals surface area contributed by atoms with Gasteiger partial charge in [0.05, 0.1) is 5.41 Å². The molecule has 0 fully saturated rings. The highest BCUT2D eigenvalue weighted by Crippen LogP contribution is 2.16. The first-order chi connectivity index (χ1) is 4.50. The van der Waals surface area contributed by atoms with Crippen molar-refractivity contribution >= 4 is 5.97 Å². The van der Waals surface area contributed by atoms with E-state index in [1.165, 1.54) is 0 Å². The number of carboxylic acid groups (broad SMARTS) is 1. The molecule has 0 aliphatic carbocycles. The molecule has 0 aliphatic rings. The van der Waals surface area contributed by atoms with E-state index in [4.69, 9.17) is 10.8 Å². The number of hydrogen-bond donors (Lipinski definition) is 2. The normalized spacial score (nSPS) is 12.3. The molecule has 0 aliphatic heterocycles. The lowest BCUT2D eigenvalue weighted by molar-refractivity contribution is -0.144. The molecule has 0 heterocycles. The predicted molar refractivity (Wildman–Crippen MR) is 39.6 cm³/mol. The number of rotatable bonds is 3. The quantitative estimate of drug-likeness (QED) is 0.569. The van der Waals surface area contributed by atoms with Crippen LogP contribution in [0.1, 0.15) is 13.8 Å². The van der Waals surface area contributed by atoms with E-state index in [2.05, 4.69) is 0 Å². The zero-order valence-electron chi connectivity index (χ0n) is 6.29. The van der Waals surface area contributed by atoms with Gasteiger partial charge in [-0.05, 0) is 13.8 Å². The summed E-state index contributed by atoms with van der Waals surface area (Å²) in [4.78, 5) is 10.4. The second kappa shape index (κ2) is 3.37. The molecule has 0 aromatic carbocycles. The maximum absolute atomic E-state index is 10.4. The van der Waals surface area contributed by atoms with Crippen LogP contribution < -0.4 is 5.73 Å². The molecule has 0 saturated carbocycles. The Morgan fingerprint density at radius 1 is 1.70 bits per heavy atom. The fourth-order valence-corrected chi connectivity index (χ4v) is 0.434. The van der Waals surface area contributed by atoms with Crippen molar-refractivity contribution in [1.29, 1.82) is 0 Å². The lowest BCUT2D eigenvalue weighted by Crippen LogP contribution is -2.20. The van der Waals surface area contributed by atoms with Gasteiger partial charge in [0.15, 0.2) is 0 Å². The summed E-state index contributed by atoms with van der Waals surface area (Å²) in [7, 11) is 0. The Morgan fingerprint density at radius 3 is 2.50 bits per heavy atom. The van der Waals surface area contributed by atoms with Gasteiger partial charge in [-0.1, -0.05) is 12.2 Å². The smallest absolute Gasteiger partial charge is 0.312 e. The molecule has 0 saturated heterocycles. The Kier molecular flexibility index (Phi) is 3.09. The Balaban J connectivity index is 4.12. The van der Waals surface area contributed by atoms with Crippen LogP contribution in [0.3, 0.4) is 0 Å². The highest BCUT2D eigenvalue weighted by Gasteiger charge is 2.22. The number of aliphatic carboxylic acids is 1. The molecular formula is C7H13NO2. The molecule has 0 atom stereocenters. The summed E-state index contributed by atoms with van der Waals surface area (Å²) in [5.74, 6) is -0.836. The average molecular weight is 143 g/mol. The van der Waals surface area contributed by atoms with Crippen LogP contribution in [0.15, 0.2) is 12.2 Å². The number of hydrogen-bond acceptors (Lipinski definition) is 2. The van der Waals surface area contributed by atoms with Crippen molar-refractivity contribution in [1.82, 2.24) is 0 Å². The third-order valence-electron chi connectivity index (χ3n) is 1.22. The van der Waals surface area contributed by atoms with Crippen molar-refractivity contribution in [2.75, 3.05) is 6.54 Å². The molecule has 3 heteroatoms. The molecule has 0 aromatic heterocycles. The predicted octanol–water partition coefficient (Wildman–Crippen LogP) is 0.612. The van der Waals surface area contributed by atoms with Gasteiger partial charge < -0.3 is 10.8 Å². The average Bonchev–Trinajstić information content (AvgIpc) is 1.84. The lowest BCUT2D eigenvalue weighted by atomic mass is 9.93. The third kappa shape index (κ3) is 2.64. The molecule has 10 heavy (non-hydrogen) atoms. The minimum absolute atomic E-state index is 0.386. The highest BCUT2D eigenvalue weighted by molar-refractivity contribution is 5.75. The van der Waals surface area contributed by atoms with Crippen LogP contribution in [0.4, 0.5) is 0 Å². The van der Waals surface area contributed by atoms with Gasteiger partial charge in [-0.15, -0.1) is 0 Å². The van der Waals surface area contributed by atoms with E-state index in [0.29, 0.717) is 6.54 Å². The zero-order chi connectivity index (χ0) is 8.20. The molecule has 0 amide bonds. The Labute approximate surface area is 60.5 Å². The number of carbonyl (C=O) groups is 1. The van der Waals surface area contributed by atoms with Crippen LogP contribution in [-0.2, 0) is 4.79 Å². The fourth-order valence-electron chi connectivity index (χ4n) is 0.434. The molecule has 0 unspecified atom stereocenters.